The SMILES string of the molecule is Cn1c(SCC[NH+]2CCCC2)nnc1[C@H]1CCS(=O)(=O)C1. The van der Waals surface area contributed by atoms with E-state index in [0.717, 1.165) is 16.7 Å². The summed E-state index contributed by atoms with van der Waals surface area (Å²) in [5.74, 6) is 2.40. The van der Waals surface area contributed by atoms with Crippen LogP contribution in [0.15, 0.2) is 5.16 Å². The smallest absolute Gasteiger partial charge is 0.191 e. The van der Waals surface area contributed by atoms with Crippen molar-refractivity contribution in [2.75, 3.05) is 36.9 Å². The van der Waals surface area contributed by atoms with E-state index >= 15 is 0 Å². The normalized spacial score (nSPS) is 25.7. The van der Waals surface area contributed by atoms with Gasteiger partial charge in [-0.25, -0.2) is 8.42 Å². The number of thioether (sulfide) groups is 1. The van der Waals surface area contributed by atoms with Crippen LogP contribution in [0.1, 0.15) is 31.0 Å². The molecule has 6 nitrogen and oxygen atoms in total. The zero-order valence-electron chi connectivity index (χ0n) is 12.4. The van der Waals surface area contributed by atoms with E-state index in [4.69, 9.17) is 0 Å². The molecular weight excluding hydrogens is 308 g/mol. The first kappa shape index (κ1) is 15.3. The number of nitrogens with zero attached hydrogens (tertiary/aromatic N) is 3. The lowest BCUT2D eigenvalue weighted by Crippen LogP contribution is -3.10. The van der Waals surface area contributed by atoms with Crippen LogP contribution in [-0.2, 0) is 16.9 Å². The molecule has 0 radical (unpaired) electrons. The van der Waals surface area contributed by atoms with Crippen LogP contribution in [0.3, 0.4) is 0 Å². The Morgan fingerprint density at radius 3 is 2.76 bits per heavy atom. The van der Waals surface area contributed by atoms with Crippen molar-refractivity contribution in [1.82, 2.24) is 14.8 Å². The first-order chi connectivity index (χ1) is 10.1. The Kier molecular flexibility index (Phi) is 4.56. The van der Waals surface area contributed by atoms with Gasteiger partial charge in [0, 0.05) is 25.8 Å². The molecular formula is C13H23N4O2S2+. The molecule has 0 amide bonds. The van der Waals surface area contributed by atoms with Crippen molar-refractivity contribution >= 4 is 21.6 Å². The van der Waals surface area contributed by atoms with Crippen LogP contribution in [0.25, 0.3) is 0 Å². The summed E-state index contributed by atoms with van der Waals surface area (Å²) in [6.45, 7) is 3.76. The van der Waals surface area contributed by atoms with Crippen molar-refractivity contribution in [1.29, 1.82) is 0 Å². The average molecular weight is 331 g/mol. The molecule has 2 fully saturated rings. The molecule has 0 spiro atoms. The molecule has 118 valence electrons. The topological polar surface area (TPSA) is 69.3 Å². The Labute approximate surface area is 130 Å². The van der Waals surface area contributed by atoms with Crippen LogP contribution < -0.4 is 4.90 Å². The van der Waals surface area contributed by atoms with E-state index in [2.05, 4.69) is 10.2 Å². The molecule has 0 aliphatic carbocycles. The summed E-state index contributed by atoms with van der Waals surface area (Å²) in [7, 11) is -0.921. The second kappa shape index (κ2) is 6.26. The fourth-order valence-corrected chi connectivity index (χ4v) is 5.92. The number of nitrogens with one attached hydrogen (secondary N) is 1. The molecule has 21 heavy (non-hydrogen) atoms. The van der Waals surface area contributed by atoms with Crippen LogP contribution in [0.5, 0.6) is 0 Å². The number of aromatic nitrogens is 3. The quantitative estimate of drug-likeness (QED) is 0.736. The van der Waals surface area contributed by atoms with E-state index in [1.165, 1.54) is 32.5 Å². The highest BCUT2D eigenvalue weighted by Crippen LogP contribution is 2.29. The highest BCUT2D eigenvalue weighted by molar-refractivity contribution is 7.99. The Hall–Kier alpha value is -0.600. The van der Waals surface area contributed by atoms with E-state index in [-0.39, 0.29) is 17.4 Å². The number of likely N-dealkylation sites (tertiary alicyclic amines) is 1. The van der Waals surface area contributed by atoms with Gasteiger partial charge in [0.2, 0.25) is 0 Å². The predicted molar refractivity (Wildman–Crippen MR) is 82.5 cm³/mol. The van der Waals surface area contributed by atoms with Gasteiger partial charge < -0.3 is 9.47 Å². The molecule has 1 aromatic rings. The standard InChI is InChI=1S/C13H22N4O2S2/c1-16-12(11-4-9-21(18,19)10-11)14-15-13(16)20-8-7-17-5-2-3-6-17/h11H,2-10H2,1H3/p+1/t11-/m0/s1. The first-order valence-corrected chi connectivity index (χ1v) is 10.4. The lowest BCUT2D eigenvalue weighted by Gasteiger charge is -2.11. The lowest BCUT2D eigenvalue weighted by atomic mass is 10.1. The van der Waals surface area contributed by atoms with Crippen LogP contribution in [0.2, 0.25) is 0 Å². The summed E-state index contributed by atoms with van der Waals surface area (Å²) in [5.41, 5.74) is 0. The molecule has 2 saturated heterocycles. The number of hydrogen-bond donors (Lipinski definition) is 1. The Balaban J connectivity index is 1.57. The summed E-state index contributed by atoms with van der Waals surface area (Å²) < 4.78 is 25.2. The minimum absolute atomic E-state index is 0.0195. The maximum absolute atomic E-state index is 11.6. The number of quaternary nitrogens is 1. The monoisotopic (exact) mass is 331 g/mol. The van der Waals surface area contributed by atoms with E-state index in [9.17, 15) is 8.42 Å². The van der Waals surface area contributed by atoms with Crippen LogP contribution >= 0.6 is 11.8 Å². The highest BCUT2D eigenvalue weighted by atomic mass is 32.2. The number of hydrogen-bond acceptors (Lipinski definition) is 5. The van der Waals surface area contributed by atoms with Crippen molar-refractivity contribution in [3.63, 3.8) is 0 Å². The molecule has 2 aliphatic heterocycles. The van der Waals surface area contributed by atoms with Crippen molar-refractivity contribution in [2.45, 2.75) is 30.3 Å². The van der Waals surface area contributed by atoms with Crippen LogP contribution in [-0.4, -0.2) is 60.1 Å². The second-order valence-electron chi connectivity index (χ2n) is 6.06. The Morgan fingerprint density at radius 1 is 1.33 bits per heavy atom. The number of sulfone groups is 1. The van der Waals surface area contributed by atoms with Crippen molar-refractivity contribution < 1.29 is 13.3 Å². The fraction of sp³-hybridized carbons (Fsp3) is 0.846. The van der Waals surface area contributed by atoms with E-state index in [1.54, 1.807) is 16.7 Å². The Morgan fingerprint density at radius 2 is 2.10 bits per heavy atom. The average Bonchev–Trinajstić information content (AvgIpc) is 3.12. The minimum atomic E-state index is -2.87. The third kappa shape index (κ3) is 3.60. The van der Waals surface area contributed by atoms with Gasteiger partial charge >= 0.3 is 0 Å². The van der Waals surface area contributed by atoms with Gasteiger partial charge in [-0.1, -0.05) is 11.8 Å². The summed E-state index contributed by atoms with van der Waals surface area (Å²) in [6, 6.07) is 0. The summed E-state index contributed by atoms with van der Waals surface area (Å²) >= 11 is 1.73. The maximum atomic E-state index is 11.6. The first-order valence-electron chi connectivity index (χ1n) is 7.61. The van der Waals surface area contributed by atoms with Crippen LogP contribution in [0.4, 0.5) is 0 Å². The van der Waals surface area contributed by atoms with Crippen molar-refractivity contribution in [2.24, 2.45) is 7.05 Å². The zero-order chi connectivity index (χ0) is 14.9. The molecule has 1 atom stereocenters. The fourth-order valence-electron chi connectivity index (χ4n) is 3.22. The third-order valence-corrected chi connectivity index (χ3v) is 7.25. The molecule has 0 unspecified atom stereocenters. The molecule has 3 heterocycles. The van der Waals surface area contributed by atoms with Gasteiger partial charge in [-0.05, 0) is 6.42 Å². The van der Waals surface area contributed by atoms with Gasteiger partial charge in [0.25, 0.3) is 0 Å². The largest absolute Gasteiger partial charge is 0.334 e. The third-order valence-electron chi connectivity index (χ3n) is 4.46. The molecule has 0 aromatic carbocycles. The van der Waals surface area contributed by atoms with Gasteiger partial charge in [0.1, 0.15) is 5.82 Å². The van der Waals surface area contributed by atoms with E-state index in [1.807, 2.05) is 11.6 Å². The van der Waals surface area contributed by atoms with Crippen LogP contribution in [0, 0.1) is 0 Å². The summed E-state index contributed by atoms with van der Waals surface area (Å²) in [5, 5.41) is 9.39. The lowest BCUT2D eigenvalue weighted by molar-refractivity contribution is -0.884. The molecule has 8 heteroatoms. The molecule has 2 aliphatic rings. The van der Waals surface area contributed by atoms with Gasteiger partial charge in [0.15, 0.2) is 15.0 Å². The van der Waals surface area contributed by atoms with Crippen molar-refractivity contribution in [3.8, 4) is 0 Å². The minimum Gasteiger partial charge on any atom is -0.334 e. The van der Waals surface area contributed by atoms with E-state index < -0.39 is 9.84 Å². The predicted octanol–water partition coefficient (Wildman–Crippen LogP) is -0.512. The molecule has 0 saturated carbocycles. The molecule has 1 N–H and O–H groups in total. The summed E-state index contributed by atoms with van der Waals surface area (Å²) in [4.78, 5) is 1.69. The van der Waals surface area contributed by atoms with E-state index in [0.29, 0.717) is 6.42 Å². The molecule has 0 bridgehead atoms. The van der Waals surface area contributed by atoms with Crippen molar-refractivity contribution in [3.05, 3.63) is 5.82 Å². The molecule has 1 aromatic heterocycles. The number of rotatable bonds is 5. The van der Waals surface area contributed by atoms with Gasteiger partial charge in [-0.3, -0.25) is 0 Å². The van der Waals surface area contributed by atoms with Gasteiger partial charge in [-0.15, -0.1) is 10.2 Å². The Bertz CT molecular complexity index is 593. The van der Waals surface area contributed by atoms with Gasteiger partial charge in [0.05, 0.1) is 36.9 Å². The zero-order valence-corrected chi connectivity index (χ0v) is 14.0. The summed E-state index contributed by atoms with van der Waals surface area (Å²) in [6.07, 6.45) is 3.38. The van der Waals surface area contributed by atoms with Gasteiger partial charge in [-0.2, -0.15) is 0 Å². The molecule has 3 rings (SSSR count). The maximum Gasteiger partial charge on any atom is 0.191 e. The second-order valence-corrected chi connectivity index (χ2v) is 9.35. The highest BCUT2D eigenvalue weighted by Gasteiger charge is 2.32.